The highest BCUT2D eigenvalue weighted by Gasteiger charge is 2.08. The van der Waals surface area contributed by atoms with Crippen molar-refractivity contribution in [3.63, 3.8) is 0 Å². The first-order chi connectivity index (χ1) is 9.60. The summed E-state index contributed by atoms with van der Waals surface area (Å²) in [5, 5.41) is 3.21. The van der Waals surface area contributed by atoms with Crippen LogP contribution >= 0.6 is 15.9 Å². The second-order valence-electron chi connectivity index (χ2n) is 4.21. The highest BCUT2D eigenvalue weighted by molar-refractivity contribution is 9.10. The molecule has 2 nitrogen and oxygen atoms in total. The third-order valence-electron chi connectivity index (χ3n) is 2.71. The maximum atomic E-state index is 13.5. The first kappa shape index (κ1) is 14.9. The Bertz CT molecular complexity index is 604. The molecule has 0 aliphatic heterocycles. The first-order valence-electron chi connectivity index (χ1n) is 6.22. The number of hydrogen-bond acceptors (Lipinski definition) is 2. The Hall–Kier alpha value is -1.46. The van der Waals surface area contributed by atoms with E-state index in [0.717, 1.165) is 41.3 Å². The van der Waals surface area contributed by atoms with Gasteiger partial charge in [-0.2, -0.15) is 0 Å². The second-order valence-corrected chi connectivity index (χ2v) is 5.06. The Balaban J connectivity index is 2.17. The molecule has 0 aliphatic rings. The third-order valence-corrected chi connectivity index (χ3v) is 3.45. The molecule has 2 rings (SSSR count). The van der Waals surface area contributed by atoms with Crippen LogP contribution in [0.3, 0.4) is 0 Å². The number of ether oxygens (including phenoxy) is 1. The van der Waals surface area contributed by atoms with Gasteiger partial charge in [-0.3, -0.25) is 0 Å². The topological polar surface area (TPSA) is 21.3 Å². The van der Waals surface area contributed by atoms with Crippen LogP contribution in [-0.4, -0.2) is 6.54 Å². The predicted molar refractivity (Wildman–Crippen MR) is 78.0 cm³/mol. The predicted octanol–water partition coefficient (Wildman–Crippen LogP) is 4.63. The van der Waals surface area contributed by atoms with Crippen molar-refractivity contribution in [3.8, 4) is 11.5 Å². The molecule has 0 spiro atoms. The van der Waals surface area contributed by atoms with Crippen LogP contribution in [0.1, 0.15) is 12.5 Å². The lowest BCUT2D eigenvalue weighted by Crippen LogP contribution is -2.12. The van der Waals surface area contributed by atoms with Gasteiger partial charge in [-0.25, -0.2) is 8.78 Å². The molecule has 20 heavy (non-hydrogen) atoms. The van der Waals surface area contributed by atoms with E-state index in [1.54, 1.807) is 12.1 Å². The lowest BCUT2D eigenvalue weighted by molar-refractivity contribution is 0.436. The minimum Gasteiger partial charge on any atom is -0.454 e. The highest BCUT2D eigenvalue weighted by Crippen LogP contribution is 2.29. The summed E-state index contributed by atoms with van der Waals surface area (Å²) in [6.07, 6.45) is 0. The lowest BCUT2D eigenvalue weighted by Gasteiger charge is -2.10. The third kappa shape index (κ3) is 3.77. The summed E-state index contributed by atoms with van der Waals surface area (Å²) in [7, 11) is 0. The van der Waals surface area contributed by atoms with Gasteiger partial charge in [-0.1, -0.05) is 28.9 Å². The quantitative estimate of drug-likeness (QED) is 0.856. The second kappa shape index (κ2) is 6.81. The summed E-state index contributed by atoms with van der Waals surface area (Å²) in [5.41, 5.74) is 1.07. The monoisotopic (exact) mass is 341 g/mol. The maximum Gasteiger partial charge on any atom is 0.165 e. The minimum absolute atomic E-state index is 0.128. The molecule has 1 N–H and O–H groups in total. The van der Waals surface area contributed by atoms with Crippen LogP contribution in [-0.2, 0) is 6.54 Å². The zero-order chi connectivity index (χ0) is 14.5. The van der Waals surface area contributed by atoms with Gasteiger partial charge in [0.15, 0.2) is 11.6 Å². The molecule has 5 heteroatoms. The molecule has 0 saturated carbocycles. The van der Waals surface area contributed by atoms with E-state index < -0.39 is 11.6 Å². The molecule has 2 aromatic rings. The van der Waals surface area contributed by atoms with E-state index in [1.807, 2.05) is 13.0 Å². The van der Waals surface area contributed by atoms with Crippen LogP contribution in [0.25, 0.3) is 0 Å². The average Bonchev–Trinajstić information content (AvgIpc) is 2.42. The Labute approximate surface area is 124 Å². The van der Waals surface area contributed by atoms with E-state index >= 15 is 0 Å². The van der Waals surface area contributed by atoms with Crippen LogP contribution in [0.15, 0.2) is 40.9 Å². The van der Waals surface area contributed by atoms with Crippen molar-refractivity contribution in [2.75, 3.05) is 6.54 Å². The smallest absolute Gasteiger partial charge is 0.165 e. The fraction of sp³-hybridized carbons (Fsp3) is 0.200. The molecular formula is C15H14BrF2NO. The zero-order valence-corrected chi connectivity index (χ0v) is 12.5. The Morgan fingerprint density at radius 1 is 1.15 bits per heavy atom. The number of benzene rings is 2. The van der Waals surface area contributed by atoms with Gasteiger partial charge in [-0.05, 0) is 36.4 Å². The van der Waals surface area contributed by atoms with Crippen molar-refractivity contribution in [2.24, 2.45) is 0 Å². The Kier molecular flexibility index (Phi) is 5.09. The lowest BCUT2D eigenvalue weighted by atomic mass is 10.2. The van der Waals surface area contributed by atoms with Crippen LogP contribution in [0.2, 0.25) is 0 Å². The molecule has 0 saturated heterocycles. The Morgan fingerprint density at radius 2 is 1.95 bits per heavy atom. The molecular weight excluding hydrogens is 328 g/mol. The summed E-state index contributed by atoms with van der Waals surface area (Å²) in [6.45, 7) is 3.63. The van der Waals surface area contributed by atoms with Gasteiger partial charge >= 0.3 is 0 Å². The zero-order valence-electron chi connectivity index (χ0n) is 10.9. The molecule has 0 bridgehead atoms. The summed E-state index contributed by atoms with van der Waals surface area (Å²) < 4.78 is 32.8. The highest BCUT2D eigenvalue weighted by atomic mass is 79.9. The van der Waals surface area contributed by atoms with Crippen molar-refractivity contribution >= 4 is 15.9 Å². The van der Waals surface area contributed by atoms with E-state index in [9.17, 15) is 8.78 Å². The molecule has 0 unspecified atom stereocenters. The van der Waals surface area contributed by atoms with Crippen molar-refractivity contribution in [2.45, 2.75) is 13.5 Å². The fourth-order valence-electron chi connectivity index (χ4n) is 1.68. The largest absolute Gasteiger partial charge is 0.454 e. The standard InChI is InChI=1S/C15H14BrF2NO/c1-2-19-9-10-3-5-12(8-13(10)16)20-15-7-11(17)4-6-14(15)18/h3-8,19H,2,9H2,1H3. The van der Waals surface area contributed by atoms with Crippen molar-refractivity contribution in [1.29, 1.82) is 0 Å². The number of rotatable bonds is 5. The molecule has 2 aromatic carbocycles. The average molecular weight is 342 g/mol. The summed E-state index contributed by atoms with van der Waals surface area (Å²) in [4.78, 5) is 0. The van der Waals surface area contributed by atoms with Crippen molar-refractivity contribution in [1.82, 2.24) is 5.32 Å². The SMILES string of the molecule is CCNCc1ccc(Oc2cc(F)ccc2F)cc1Br. The number of hydrogen-bond donors (Lipinski definition) is 1. The van der Waals surface area contributed by atoms with E-state index in [1.165, 1.54) is 0 Å². The fourth-order valence-corrected chi connectivity index (χ4v) is 2.17. The normalized spacial score (nSPS) is 10.6. The van der Waals surface area contributed by atoms with Crippen LogP contribution in [0.4, 0.5) is 8.78 Å². The van der Waals surface area contributed by atoms with E-state index in [4.69, 9.17) is 4.74 Å². The van der Waals surface area contributed by atoms with Gasteiger partial charge in [0.05, 0.1) is 0 Å². The van der Waals surface area contributed by atoms with Gasteiger partial charge in [0.2, 0.25) is 0 Å². The summed E-state index contributed by atoms with van der Waals surface area (Å²) >= 11 is 3.44. The molecule has 0 aromatic heterocycles. The van der Waals surface area contributed by atoms with Gasteiger partial charge in [0.25, 0.3) is 0 Å². The van der Waals surface area contributed by atoms with Gasteiger partial charge in [0.1, 0.15) is 11.6 Å². The van der Waals surface area contributed by atoms with Gasteiger partial charge < -0.3 is 10.1 Å². The molecule has 106 valence electrons. The van der Waals surface area contributed by atoms with Crippen molar-refractivity contribution in [3.05, 3.63) is 58.1 Å². The van der Waals surface area contributed by atoms with Crippen LogP contribution < -0.4 is 10.1 Å². The number of nitrogens with one attached hydrogen (secondary N) is 1. The van der Waals surface area contributed by atoms with Crippen molar-refractivity contribution < 1.29 is 13.5 Å². The molecule has 0 atom stereocenters. The minimum atomic E-state index is -0.598. The van der Waals surface area contributed by atoms with Gasteiger partial charge in [0, 0.05) is 17.1 Å². The summed E-state index contributed by atoms with van der Waals surface area (Å²) in [5.74, 6) is -0.818. The first-order valence-corrected chi connectivity index (χ1v) is 7.01. The summed E-state index contributed by atoms with van der Waals surface area (Å²) in [6, 6.07) is 8.45. The van der Waals surface area contributed by atoms with Crippen LogP contribution in [0.5, 0.6) is 11.5 Å². The number of halogens is 3. The van der Waals surface area contributed by atoms with Crippen LogP contribution in [0, 0.1) is 11.6 Å². The molecule has 0 heterocycles. The van der Waals surface area contributed by atoms with Gasteiger partial charge in [-0.15, -0.1) is 0 Å². The molecule has 0 fully saturated rings. The Morgan fingerprint density at radius 3 is 2.65 bits per heavy atom. The molecule has 0 aliphatic carbocycles. The van der Waals surface area contributed by atoms with E-state index in [0.29, 0.717) is 5.75 Å². The molecule has 0 amide bonds. The maximum absolute atomic E-state index is 13.5. The van der Waals surface area contributed by atoms with E-state index in [-0.39, 0.29) is 5.75 Å². The van der Waals surface area contributed by atoms with E-state index in [2.05, 4.69) is 21.2 Å². The molecule has 0 radical (unpaired) electrons.